The molecule has 0 atom stereocenters. The Morgan fingerprint density at radius 3 is 2.45 bits per heavy atom. The number of nitrogens with two attached hydrogens (primary N) is 1. The molecule has 0 radical (unpaired) electrons. The van der Waals surface area contributed by atoms with Gasteiger partial charge in [0.1, 0.15) is 16.6 Å². The Hall–Kier alpha value is -1.12. The lowest BCUT2D eigenvalue weighted by atomic mass is 10.2. The average molecular weight is 170 g/mol. The van der Waals surface area contributed by atoms with Gasteiger partial charge in [-0.15, -0.1) is 0 Å². The van der Waals surface area contributed by atoms with Gasteiger partial charge >= 0.3 is 0 Å². The van der Waals surface area contributed by atoms with Gasteiger partial charge in [0.15, 0.2) is 0 Å². The Balaban J connectivity index is 4.58. The van der Waals surface area contributed by atoms with Gasteiger partial charge in [0, 0.05) is 12.7 Å². The second kappa shape index (κ2) is 4.66. The smallest absolute Gasteiger partial charge is 0.116 e. The summed E-state index contributed by atoms with van der Waals surface area (Å²) in [7, 11) is 1.69. The third kappa shape index (κ3) is 2.98. The molecule has 60 valence electrons. The Bertz CT molecular complexity index is 225. The Labute approximate surface area is 71.0 Å². The fourth-order valence-corrected chi connectivity index (χ4v) is 0.772. The van der Waals surface area contributed by atoms with Crippen LogP contribution in [0, 0.1) is 11.3 Å². The number of nitriles is 1. The molecule has 0 saturated carbocycles. The van der Waals surface area contributed by atoms with E-state index in [0.717, 1.165) is 0 Å². The van der Waals surface area contributed by atoms with Gasteiger partial charge < -0.3 is 11.2 Å². The molecular weight excluding hydrogens is 160 g/mol. The summed E-state index contributed by atoms with van der Waals surface area (Å²) >= 11 is 4.64. The van der Waals surface area contributed by atoms with Crippen LogP contribution in [0.1, 0.15) is 6.92 Å². The highest BCUT2D eigenvalue weighted by Gasteiger charge is 2.02. The second-order valence-electron chi connectivity index (χ2n) is 1.85. The molecule has 0 spiro atoms. The van der Waals surface area contributed by atoms with Gasteiger partial charge in [-0.25, -0.2) is 5.43 Å². The maximum absolute atomic E-state index is 8.55. The summed E-state index contributed by atoms with van der Waals surface area (Å²) in [5.74, 6) is 0. The molecule has 4 nitrogen and oxygen atoms in total. The Morgan fingerprint density at radius 2 is 2.18 bits per heavy atom. The zero-order valence-corrected chi connectivity index (χ0v) is 7.25. The van der Waals surface area contributed by atoms with Crippen LogP contribution in [0.5, 0.6) is 0 Å². The fourth-order valence-electron chi connectivity index (χ4n) is 0.574. The molecule has 0 aromatic heterocycles. The molecule has 0 aliphatic rings. The number of rotatable bonds is 3. The predicted molar refractivity (Wildman–Crippen MR) is 47.3 cm³/mol. The second-order valence-corrected chi connectivity index (χ2v) is 2.29. The van der Waals surface area contributed by atoms with Gasteiger partial charge in [-0.3, -0.25) is 0 Å². The van der Waals surface area contributed by atoms with Crippen molar-refractivity contribution in [1.29, 1.82) is 5.26 Å². The summed E-state index contributed by atoms with van der Waals surface area (Å²) in [6.45, 7) is 1.72. The summed E-state index contributed by atoms with van der Waals surface area (Å²) in [5, 5.41) is 8.55. The highest BCUT2D eigenvalue weighted by atomic mass is 32.1. The van der Waals surface area contributed by atoms with E-state index in [1.165, 1.54) is 0 Å². The van der Waals surface area contributed by atoms with E-state index in [1.807, 2.05) is 6.07 Å². The van der Waals surface area contributed by atoms with E-state index in [9.17, 15) is 0 Å². The monoisotopic (exact) mass is 170 g/mol. The number of nitrogens with one attached hydrogen (secondary N) is 2. The van der Waals surface area contributed by atoms with Crippen LogP contribution in [0.4, 0.5) is 0 Å². The zero-order chi connectivity index (χ0) is 8.85. The molecule has 0 heterocycles. The van der Waals surface area contributed by atoms with Crippen molar-refractivity contribution in [2.75, 3.05) is 7.05 Å². The van der Waals surface area contributed by atoms with Gasteiger partial charge in [0.2, 0.25) is 0 Å². The first-order chi connectivity index (χ1) is 5.13. The van der Waals surface area contributed by atoms with Crippen molar-refractivity contribution in [3.63, 3.8) is 0 Å². The van der Waals surface area contributed by atoms with Crippen LogP contribution >= 0.6 is 12.2 Å². The first-order valence-electron chi connectivity index (χ1n) is 2.97. The Morgan fingerprint density at radius 1 is 1.64 bits per heavy atom. The van der Waals surface area contributed by atoms with E-state index in [-0.39, 0.29) is 4.99 Å². The van der Waals surface area contributed by atoms with Crippen molar-refractivity contribution in [3.8, 4) is 6.07 Å². The van der Waals surface area contributed by atoms with Gasteiger partial charge in [-0.2, -0.15) is 5.26 Å². The van der Waals surface area contributed by atoms with Crippen molar-refractivity contribution < 1.29 is 0 Å². The fraction of sp³-hybridized carbons (Fsp3) is 0.333. The van der Waals surface area contributed by atoms with E-state index in [0.29, 0.717) is 11.3 Å². The number of hydrogen-bond donors (Lipinski definition) is 3. The van der Waals surface area contributed by atoms with Crippen LogP contribution in [0.3, 0.4) is 0 Å². The SMILES string of the molecule is CNN/C(C)=C(\C#N)C(N)=S. The summed E-state index contributed by atoms with van der Waals surface area (Å²) in [5.41, 5.74) is 11.6. The highest BCUT2D eigenvalue weighted by molar-refractivity contribution is 7.80. The minimum Gasteiger partial charge on any atom is -0.389 e. The zero-order valence-electron chi connectivity index (χ0n) is 6.43. The highest BCUT2D eigenvalue weighted by Crippen LogP contribution is 1.98. The number of thiocarbonyl (C=S) groups is 1. The van der Waals surface area contributed by atoms with Crippen LogP contribution in [0.25, 0.3) is 0 Å². The molecule has 0 aromatic carbocycles. The lowest BCUT2D eigenvalue weighted by molar-refractivity contribution is 0.688. The molecule has 0 amide bonds. The largest absolute Gasteiger partial charge is 0.389 e. The van der Waals surface area contributed by atoms with Crippen LogP contribution in [0.2, 0.25) is 0 Å². The summed E-state index contributed by atoms with van der Waals surface area (Å²) in [4.78, 5) is 0.104. The third-order valence-corrected chi connectivity index (χ3v) is 1.25. The number of hydrazine groups is 1. The van der Waals surface area contributed by atoms with Crippen molar-refractivity contribution in [3.05, 3.63) is 11.3 Å². The van der Waals surface area contributed by atoms with Crippen LogP contribution in [-0.4, -0.2) is 12.0 Å². The maximum Gasteiger partial charge on any atom is 0.116 e. The van der Waals surface area contributed by atoms with Crippen LogP contribution in [-0.2, 0) is 0 Å². The quantitative estimate of drug-likeness (QED) is 0.237. The van der Waals surface area contributed by atoms with Crippen LogP contribution in [0.15, 0.2) is 11.3 Å². The standard InChI is InChI=1S/C6H10N4S/c1-4(10-9-2)5(3-7)6(8)11/h9-10H,1-2H3,(H2,8,11)/b5-4+. The molecule has 0 saturated heterocycles. The number of hydrogen-bond acceptors (Lipinski definition) is 4. The molecule has 4 N–H and O–H groups in total. The van der Waals surface area contributed by atoms with Gasteiger partial charge in [0.05, 0.1) is 0 Å². The molecule has 0 fully saturated rings. The van der Waals surface area contributed by atoms with Gasteiger partial charge in [-0.05, 0) is 6.92 Å². The van der Waals surface area contributed by atoms with E-state index in [4.69, 9.17) is 11.0 Å². The number of nitrogens with zero attached hydrogens (tertiary/aromatic N) is 1. The molecule has 0 bridgehead atoms. The first-order valence-corrected chi connectivity index (χ1v) is 3.37. The molecule has 5 heteroatoms. The molecule has 11 heavy (non-hydrogen) atoms. The third-order valence-electron chi connectivity index (χ3n) is 1.05. The topological polar surface area (TPSA) is 73.9 Å². The summed E-state index contributed by atoms with van der Waals surface area (Å²) in [6.07, 6.45) is 0. The lowest BCUT2D eigenvalue weighted by Gasteiger charge is -2.05. The molecule has 0 aliphatic carbocycles. The van der Waals surface area contributed by atoms with E-state index in [1.54, 1.807) is 14.0 Å². The summed E-state index contributed by atoms with van der Waals surface area (Å²) < 4.78 is 0. The molecule has 0 aromatic rings. The normalized spacial score (nSPS) is 11.4. The van der Waals surface area contributed by atoms with Crippen molar-refractivity contribution in [2.45, 2.75) is 6.92 Å². The van der Waals surface area contributed by atoms with E-state index >= 15 is 0 Å². The number of allylic oxidation sites excluding steroid dienone is 1. The van der Waals surface area contributed by atoms with E-state index < -0.39 is 0 Å². The summed E-state index contributed by atoms with van der Waals surface area (Å²) in [6, 6.07) is 1.90. The van der Waals surface area contributed by atoms with Gasteiger partial charge in [0.25, 0.3) is 0 Å². The lowest BCUT2D eigenvalue weighted by Crippen LogP contribution is -2.28. The minimum atomic E-state index is 0.104. The molecule has 0 unspecified atom stereocenters. The Kier molecular flexibility index (Phi) is 4.18. The van der Waals surface area contributed by atoms with Crippen molar-refractivity contribution in [1.82, 2.24) is 10.9 Å². The van der Waals surface area contributed by atoms with E-state index in [2.05, 4.69) is 23.1 Å². The van der Waals surface area contributed by atoms with Gasteiger partial charge in [-0.1, -0.05) is 12.2 Å². The van der Waals surface area contributed by atoms with Crippen molar-refractivity contribution in [2.24, 2.45) is 5.73 Å². The van der Waals surface area contributed by atoms with Crippen molar-refractivity contribution >= 4 is 17.2 Å². The molecular formula is C6H10N4S. The van der Waals surface area contributed by atoms with Crippen LogP contribution < -0.4 is 16.6 Å². The first kappa shape index (κ1) is 9.88. The maximum atomic E-state index is 8.55. The molecule has 0 rings (SSSR count). The minimum absolute atomic E-state index is 0.104. The average Bonchev–Trinajstić information content (AvgIpc) is 1.88. The predicted octanol–water partition coefficient (Wildman–Crippen LogP) is -0.206. The molecule has 0 aliphatic heterocycles.